The molecule has 43 heavy (non-hydrogen) atoms. The second kappa shape index (κ2) is 11.8. The summed E-state index contributed by atoms with van der Waals surface area (Å²) in [6, 6.07) is 0.574. The van der Waals surface area contributed by atoms with Crippen LogP contribution >= 0.6 is 0 Å². The van der Waals surface area contributed by atoms with Crippen molar-refractivity contribution >= 4 is 33.4 Å². The topological polar surface area (TPSA) is 142 Å². The minimum atomic E-state index is -4.82. The molecule has 0 saturated heterocycles. The largest absolute Gasteiger partial charge is 0.462 e. The van der Waals surface area contributed by atoms with Crippen molar-refractivity contribution in [2.75, 3.05) is 17.3 Å². The molecule has 0 aromatic carbocycles. The zero-order valence-electron chi connectivity index (χ0n) is 24.7. The van der Waals surface area contributed by atoms with Crippen LogP contribution < -0.4 is 4.90 Å². The van der Waals surface area contributed by atoms with Crippen LogP contribution in [0.5, 0.6) is 0 Å². The number of esters is 1. The molecule has 4 rings (SSSR count). The van der Waals surface area contributed by atoms with Crippen molar-refractivity contribution in [1.29, 1.82) is 0 Å². The maximum absolute atomic E-state index is 13.6. The van der Waals surface area contributed by atoms with Crippen LogP contribution in [0.4, 0.5) is 23.8 Å². The smallest absolute Gasteiger partial charge is 0.417 e. The van der Waals surface area contributed by atoms with Gasteiger partial charge in [-0.15, -0.1) is 0 Å². The van der Waals surface area contributed by atoms with Crippen LogP contribution in [-0.4, -0.2) is 58.7 Å². The van der Waals surface area contributed by atoms with E-state index in [-0.39, 0.29) is 34.7 Å². The molecule has 1 aliphatic heterocycles. The fourth-order valence-corrected chi connectivity index (χ4v) is 5.70. The molecule has 0 bridgehead atoms. The third-order valence-corrected chi connectivity index (χ3v) is 8.54. The highest BCUT2D eigenvalue weighted by molar-refractivity contribution is 7.91. The van der Waals surface area contributed by atoms with Gasteiger partial charge in [0.25, 0.3) is 0 Å². The van der Waals surface area contributed by atoms with Crippen molar-refractivity contribution in [2.45, 2.75) is 83.3 Å². The predicted octanol–water partition coefficient (Wildman–Crippen LogP) is 4.97. The number of ether oxygens (including phenoxy) is 2. The first-order valence-electron chi connectivity index (χ1n) is 13.7. The first-order chi connectivity index (χ1) is 20.0. The number of rotatable bonds is 9. The van der Waals surface area contributed by atoms with Gasteiger partial charge in [0.1, 0.15) is 5.60 Å². The van der Waals surface area contributed by atoms with Crippen LogP contribution in [0.2, 0.25) is 0 Å². The lowest BCUT2D eigenvalue weighted by molar-refractivity contribution is -0.137. The van der Waals surface area contributed by atoms with Crippen LogP contribution in [-0.2, 0) is 43.9 Å². The van der Waals surface area contributed by atoms with Gasteiger partial charge >= 0.3 is 18.2 Å². The molecule has 12 nitrogen and oxygen atoms in total. The number of nitrogens with zero attached hydrogens (tertiary/aromatic N) is 5. The van der Waals surface area contributed by atoms with Gasteiger partial charge in [-0.05, 0) is 46.6 Å². The van der Waals surface area contributed by atoms with Crippen LogP contribution in [0.3, 0.4) is 0 Å². The lowest BCUT2D eigenvalue weighted by atomic mass is 10.1. The van der Waals surface area contributed by atoms with E-state index in [1.165, 1.54) is 25.5 Å². The molecule has 1 amide bonds. The fraction of sp³-hybridized carbons (Fsp3) is 0.593. The number of alkyl halides is 3. The number of oxime groups is 1. The summed E-state index contributed by atoms with van der Waals surface area (Å²) in [6.45, 7) is 6.84. The maximum Gasteiger partial charge on any atom is 0.417 e. The molecule has 2 aromatic rings. The van der Waals surface area contributed by atoms with E-state index in [4.69, 9.17) is 14.3 Å². The van der Waals surface area contributed by atoms with E-state index in [0.717, 1.165) is 23.5 Å². The molecule has 2 aliphatic rings. The number of hydrogen-bond donors (Lipinski definition) is 0. The third-order valence-electron chi connectivity index (χ3n) is 6.73. The van der Waals surface area contributed by atoms with E-state index in [1.54, 1.807) is 20.8 Å². The molecule has 1 unspecified atom stereocenters. The molecule has 1 saturated carbocycles. The number of amides is 1. The molecule has 1 aliphatic carbocycles. The van der Waals surface area contributed by atoms with Gasteiger partial charge in [-0.2, -0.15) is 13.2 Å². The van der Waals surface area contributed by atoms with Gasteiger partial charge in [-0.25, -0.2) is 23.0 Å². The van der Waals surface area contributed by atoms with Crippen molar-refractivity contribution in [3.63, 3.8) is 0 Å². The Morgan fingerprint density at radius 2 is 1.86 bits per heavy atom. The van der Waals surface area contributed by atoms with Gasteiger partial charge in [0.15, 0.2) is 32.6 Å². The Morgan fingerprint density at radius 1 is 1.19 bits per heavy atom. The third kappa shape index (κ3) is 7.11. The van der Waals surface area contributed by atoms with Gasteiger partial charge in [0, 0.05) is 25.6 Å². The molecule has 0 N–H and O–H groups in total. The quantitative estimate of drug-likeness (QED) is 0.351. The van der Waals surface area contributed by atoms with Crippen molar-refractivity contribution in [3.8, 4) is 0 Å². The van der Waals surface area contributed by atoms with E-state index < -0.39 is 57.5 Å². The van der Waals surface area contributed by atoms with Gasteiger partial charge in [-0.3, -0.25) is 9.88 Å². The molecule has 3 heterocycles. The average molecular weight is 630 g/mol. The summed E-state index contributed by atoms with van der Waals surface area (Å²) in [7, 11) is -2.61. The Balaban J connectivity index is 1.87. The second-order valence-electron chi connectivity index (χ2n) is 11.2. The first-order valence-corrected chi connectivity index (χ1v) is 15.4. The summed E-state index contributed by atoms with van der Waals surface area (Å²) in [5, 5.41) is 3.80. The minimum Gasteiger partial charge on any atom is -0.462 e. The zero-order chi connectivity index (χ0) is 31.9. The van der Waals surface area contributed by atoms with E-state index in [0.29, 0.717) is 24.6 Å². The van der Waals surface area contributed by atoms with Crippen molar-refractivity contribution in [1.82, 2.24) is 14.5 Å². The highest BCUT2D eigenvalue weighted by Gasteiger charge is 2.41. The van der Waals surface area contributed by atoms with Crippen LogP contribution in [0, 0.1) is 5.92 Å². The first kappa shape index (κ1) is 32.2. The van der Waals surface area contributed by atoms with Crippen LogP contribution in [0.1, 0.15) is 87.4 Å². The van der Waals surface area contributed by atoms with Crippen LogP contribution in [0.25, 0.3) is 0 Å². The number of halogens is 3. The van der Waals surface area contributed by atoms with E-state index >= 15 is 0 Å². The minimum absolute atomic E-state index is 0.140. The maximum atomic E-state index is 13.6. The molecule has 236 valence electrons. The van der Waals surface area contributed by atoms with E-state index in [9.17, 15) is 31.2 Å². The predicted molar refractivity (Wildman–Crippen MR) is 147 cm³/mol. The zero-order valence-corrected chi connectivity index (χ0v) is 25.5. The standard InChI is InChI=1S/C27H34F3N5O7S/c1-7-40-24(36)17-11-16(27(28,29)30)13-31-19(17)14-35(25(37)41-26(3,4)5)22-23(43(38,39)8-2)34(6)21(32-22)20-12-18(33-42-20)15-9-10-15/h11,13,15,20H,7-10,12,14H2,1-6H3. The second-order valence-corrected chi connectivity index (χ2v) is 13.4. The lowest BCUT2D eigenvalue weighted by Crippen LogP contribution is -2.38. The highest BCUT2D eigenvalue weighted by Crippen LogP contribution is 2.40. The number of carbonyl (C=O) groups excluding carboxylic acids is 2. The summed E-state index contributed by atoms with van der Waals surface area (Å²) in [4.78, 5) is 41.2. The number of imidazole rings is 1. The number of hydrogen-bond acceptors (Lipinski definition) is 10. The summed E-state index contributed by atoms with van der Waals surface area (Å²) in [5.41, 5.74) is -2.27. The number of anilines is 1. The van der Waals surface area contributed by atoms with Gasteiger partial charge in [-0.1, -0.05) is 12.1 Å². The normalized spacial score (nSPS) is 17.3. The summed E-state index contributed by atoms with van der Waals surface area (Å²) >= 11 is 0. The fourth-order valence-electron chi connectivity index (χ4n) is 4.48. The Labute approximate surface area is 247 Å². The summed E-state index contributed by atoms with van der Waals surface area (Å²) in [5.74, 6) is -1.35. The monoisotopic (exact) mass is 629 g/mol. The summed E-state index contributed by atoms with van der Waals surface area (Å²) < 4.78 is 79.2. The van der Waals surface area contributed by atoms with Gasteiger partial charge in [0.2, 0.25) is 0 Å². The molecule has 16 heteroatoms. The van der Waals surface area contributed by atoms with Gasteiger partial charge in [0.05, 0.1) is 41.4 Å². The molecule has 0 radical (unpaired) electrons. The Hall–Kier alpha value is -3.69. The number of aromatic nitrogens is 3. The van der Waals surface area contributed by atoms with Crippen molar-refractivity contribution < 1.29 is 45.5 Å². The Morgan fingerprint density at radius 3 is 2.42 bits per heavy atom. The molecular weight excluding hydrogens is 595 g/mol. The van der Waals surface area contributed by atoms with Gasteiger partial charge < -0.3 is 18.9 Å². The number of carbonyl (C=O) groups is 2. The summed E-state index contributed by atoms with van der Waals surface area (Å²) in [6.07, 6.45) is -3.78. The Bertz CT molecular complexity index is 1540. The SMILES string of the molecule is CCOC(=O)c1cc(C(F)(F)F)cnc1CN(C(=O)OC(C)(C)C)c1nc(C2CC(C3CC3)=NO2)n(C)c1S(=O)(=O)CC. The van der Waals surface area contributed by atoms with E-state index in [1.807, 2.05) is 0 Å². The van der Waals surface area contributed by atoms with E-state index in [2.05, 4.69) is 15.1 Å². The van der Waals surface area contributed by atoms with Crippen LogP contribution in [0.15, 0.2) is 22.4 Å². The van der Waals surface area contributed by atoms with Crippen molar-refractivity contribution in [2.24, 2.45) is 18.1 Å². The Kier molecular flexibility index (Phi) is 8.82. The number of sulfone groups is 1. The molecule has 1 fully saturated rings. The lowest BCUT2D eigenvalue weighted by Gasteiger charge is -2.27. The molecular formula is C27H34F3N5O7S. The highest BCUT2D eigenvalue weighted by atomic mass is 32.2. The molecule has 1 atom stereocenters. The molecule has 0 spiro atoms. The average Bonchev–Trinajstić information content (AvgIpc) is 3.53. The molecule has 2 aromatic heterocycles. The number of pyridine rings is 1. The van der Waals surface area contributed by atoms with Crippen molar-refractivity contribution in [3.05, 3.63) is 34.9 Å².